The van der Waals surface area contributed by atoms with Crippen LogP contribution in [0.4, 0.5) is 4.79 Å². The average Bonchev–Trinajstić information content (AvgIpc) is 3.06. The fraction of sp³-hybridized carbons (Fsp3) is 0.905. The summed E-state index contributed by atoms with van der Waals surface area (Å²) in [7, 11) is 1.59. The maximum absolute atomic E-state index is 12.3. The smallest absolute Gasteiger partial charge is 0.409 e. The monoisotopic (exact) mass is 395 g/mol. The molecule has 2 atom stereocenters. The van der Waals surface area contributed by atoms with Crippen molar-refractivity contribution in [2.45, 2.75) is 64.0 Å². The third kappa shape index (κ3) is 5.17. The molecule has 3 aliphatic rings. The van der Waals surface area contributed by atoms with Crippen LogP contribution in [0.1, 0.15) is 51.9 Å². The van der Waals surface area contributed by atoms with E-state index in [1.807, 2.05) is 11.8 Å². The molecule has 160 valence electrons. The van der Waals surface area contributed by atoms with Crippen LogP contribution >= 0.6 is 0 Å². The number of amides is 2. The number of hydrogen-bond donors (Lipinski definition) is 0. The van der Waals surface area contributed by atoms with Crippen LogP contribution in [-0.4, -0.2) is 91.8 Å². The predicted molar refractivity (Wildman–Crippen MR) is 107 cm³/mol. The van der Waals surface area contributed by atoms with Gasteiger partial charge in [0.05, 0.1) is 6.61 Å². The second kappa shape index (κ2) is 10.4. The van der Waals surface area contributed by atoms with E-state index in [1.54, 1.807) is 7.11 Å². The standard InChI is InChI=1S/C21H37N3O4/c1-3-28-21(26)23-11-4-6-18(10-15-23)22-13-8-17(9-14-22)19-7-5-12-24(19)20(25)16-27-2/h17-19H,3-16H2,1-2H3. The molecule has 3 rings (SSSR count). The molecule has 3 aliphatic heterocycles. The number of rotatable bonds is 5. The van der Waals surface area contributed by atoms with Crippen LogP contribution in [0.15, 0.2) is 0 Å². The minimum absolute atomic E-state index is 0.148. The molecule has 0 aliphatic carbocycles. The number of likely N-dealkylation sites (tertiary alicyclic amines) is 3. The molecular formula is C21H37N3O4. The van der Waals surface area contributed by atoms with Gasteiger partial charge in [-0.05, 0) is 70.9 Å². The highest BCUT2D eigenvalue weighted by Gasteiger charge is 2.37. The number of ether oxygens (including phenoxy) is 2. The lowest BCUT2D eigenvalue weighted by Gasteiger charge is -2.41. The third-order valence-electron chi connectivity index (χ3n) is 6.75. The topological polar surface area (TPSA) is 62.3 Å². The van der Waals surface area contributed by atoms with Crippen LogP contribution in [0.2, 0.25) is 0 Å². The summed E-state index contributed by atoms with van der Waals surface area (Å²) in [5.41, 5.74) is 0. The van der Waals surface area contributed by atoms with E-state index in [4.69, 9.17) is 9.47 Å². The SMILES string of the molecule is CCOC(=O)N1CCCC(N2CCC(C3CCCN3C(=O)COC)CC2)CC1. The first-order chi connectivity index (χ1) is 13.6. The number of hydrogen-bond acceptors (Lipinski definition) is 5. The molecular weight excluding hydrogens is 358 g/mol. The molecule has 0 aromatic rings. The van der Waals surface area contributed by atoms with E-state index in [2.05, 4.69) is 9.80 Å². The van der Waals surface area contributed by atoms with Crippen LogP contribution in [0.5, 0.6) is 0 Å². The molecule has 2 unspecified atom stereocenters. The van der Waals surface area contributed by atoms with Crippen molar-refractivity contribution in [3.8, 4) is 0 Å². The first-order valence-corrected chi connectivity index (χ1v) is 11.1. The molecule has 7 nitrogen and oxygen atoms in total. The van der Waals surface area contributed by atoms with Gasteiger partial charge in [-0.25, -0.2) is 4.79 Å². The number of methoxy groups -OCH3 is 1. The van der Waals surface area contributed by atoms with Crippen molar-refractivity contribution in [3.63, 3.8) is 0 Å². The van der Waals surface area contributed by atoms with Crippen molar-refractivity contribution in [1.82, 2.24) is 14.7 Å². The van der Waals surface area contributed by atoms with Gasteiger partial charge in [0, 0.05) is 38.8 Å². The number of nitrogens with zero attached hydrogens (tertiary/aromatic N) is 3. The van der Waals surface area contributed by atoms with Gasteiger partial charge >= 0.3 is 6.09 Å². The normalized spacial score (nSPS) is 27.6. The molecule has 0 radical (unpaired) electrons. The molecule has 2 amide bonds. The van der Waals surface area contributed by atoms with Gasteiger partial charge in [-0.2, -0.15) is 0 Å². The van der Waals surface area contributed by atoms with Crippen molar-refractivity contribution in [2.75, 3.05) is 53.0 Å². The van der Waals surface area contributed by atoms with Crippen LogP contribution < -0.4 is 0 Å². The molecule has 0 saturated carbocycles. The van der Waals surface area contributed by atoms with Gasteiger partial charge in [-0.15, -0.1) is 0 Å². The van der Waals surface area contributed by atoms with E-state index in [0.29, 0.717) is 24.6 Å². The lowest BCUT2D eigenvalue weighted by Crippen LogP contribution is -2.48. The Labute approximate surface area is 169 Å². The summed E-state index contributed by atoms with van der Waals surface area (Å²) in [5, 5.41) is 0. The van der Waals surface area contributed by atoms with E-state index in [9.17, 15) is 9.59 Å². The summed E-state index contributed by atoms with van der Waals surface area (Å²) in [5.74, 6) is 0.761. The molecule has 3 heterocycles. The van der Waals surface area contributed by atoms with Gasteiger partial charge in [0.2, 0.25) is 5.91 Å². The summed E-state index contributed by atoms with van der Waals surface area (Å²) in [6, 6.07) is 0.966. The van der Waals surface area contributed by atoms with E-state index >= 15 is 0 Å². The van der Waals surface area contributed by atoms with Crippen LogP contribution in [0, 0.1) is 5.92 Å². The number of piperidine rings is 1. The molecule has 3 saturated heterocycles. The van der Waals surface area contributed by atoms with Crippen LogP contribution in [0.25, 0.3) is 0 Å². The summed E-state index contributed by atoms with van der Waals surface area (Å²) in [4.78, 5) is 30.9. The average molecular weight is 396 g/mol. The highest BCUT2D eigenvalue weighted by molar-refractivity contribution is 5.78. The van der Waals surface area contributed by atoms with Gasteiger partial charge in [0.25, 0.3) is 0 Å². The van der Waals surface area contributed by atoms with Crippen LogP contribution in [-0.2, 0) is 14.3 Å². The van der Waals surface area contributed by atoms with E-state index < -0.39 is 0 Å². The minimum Gasteiger partial charge on any atom is -0.450 e. The Hall–Kier alpha value is -1.34. The third-order valence-corrected chi connectivity index (χ3v) is 6.75. The zero-order chi connectivity index (χ0) is 19.9. The van der Waals surface area contributed by atoms with Crippen molar-refractivity contribution in [2.24, 2.45) is 5.92 Å². The van der Waals surface area contributed by atoms with Gasteiger partial charge in [-0.3, -0.25) is 4.79 Å². The van der Waals surface area contributed by atoms with Gasteiger partial charge in [0.15, 0.2) is 0 Å². The minimum atomic E-state index is -0.163. The first kappa shape index (κ1) is 21.4. The van der Waals surface area contributed by atoms with Gasteiger partial charge < -0.3 is 24.2 Å². The second-order valence-corrected chi connectivity index (χ2v) is 8.37. The molecule has 3 fully saturated rings. The molecule has 0 aromatic carbocycles. The zero-order valence-corrected chi connectivity index (χ0v) is 17.6. The molecule has 28 heavy (non-hydrogen) atoms. The number of carbonyl (C=O) groups excluding carboxylic acids is 2. The Morgan fingerprint density at radius 1 is 0.929 bits per heavy atom. The molecule has 7 heteroatoms. The predicted octanol–water partition coefficient (Wildman–Crippen LogP) is 2.35. The Kier molecular flexibility index (Phi) is 7.97. The quantitative estimate of drug-likeness (QED) is 0.715. The highest BCUT2D eigenvalue weighted by Crippen LogP contribution is 2.33. The first-order valence-electron chi connectivity index (χ1n) is 11.1. The molecule has 0 bridgehead atoms. The molecule has 0 aromatic heterocycles. The molecule has 0 N–H and O–H groups in total. The maximum atomic E-state index is 12.3. The lowest BCUT2D eigenvalue weighted by atomic mass is 9.87. The summed E-state index contributed by atoms with van der Waals surface area (Å²) >= 11 is 0. The van der Waals surface area contributed by atoms with E-state index in [-0.39, 0.29) is 18.6 Å². The van der Waals surface area contributed by atoms with Crippen molar-refractivity contribution < 1.29 is 19.1 Å². The van der Waals surface area contributed by atoms with Crippen LogP contribution in [0.3, 0.4) is 0 Å². The zero-order valence-electron chi connectivity index (χ0n) is 17.6. The number of carbonyl (C=O) groups is 2. The van der Waals surface area contributed by atoms with Crippen molar-refractivity contribution in [1.29, 1.82) is 0 Å². The molecule has 0 spiro atoms. The highest BCUT2D eigenvalue weighted by atomic mass is 16.6. The fourth-order valence-electron chi connectivity index (χ4n) is 5.31. The summed E-state index contributed by atoms with van der Waals surface area (Å²) in [6.45, 7) is 7.22. The Balaban J connectivity index is 1.47. The van der Waals surface area contributed by atoms with Crippen molar-refractivity contribution >= 4 is 12.0 Å². The Bertz CT molecular complexity index is 522. The van der Waals surface area contributed by atoms with E-state index in [1.165, 1.54) is 12.8 Å². The largest absolute Gasteiger partial charge is 0.450 e. The van der Waals surface area contributed by atoms with Gasteiger partial charge in [0.1, 0.15) is 6.61 Å². The maximum Gasteiger partial charge on any atom is 0.409 e. The summed E-state index contributed by atoms with van der Waals surface area (Å²) in [6.07, 6.45) is 7.66. The Morgan fingerprint density at radius 2 is 1.68 bits per heavy atom. The lowest BCUT2D eigenvalue weighted by molar-refractivity contribution is -0.137. The summed E-state index contributed by atoms with van der Waals surface area (Å²) < 4.78 is 10.2. The van der Waals surface area contributed by atoms with Crippen molar-refractivity contribution in [3.05, 3.63) is 0 Å². The van der Waals surface area contributed by atoms with Gasteiger partial charge in [-0.1, -0.05) is 0 Å². The van der Waals surface area contributed by atoms with E-state index in [0.717, 1.165) is 64.8 Å². The fourth-order valence-corrected chi connectivity index (χ4v) is 5.31. The second-order valence-electron chi connectivity index (χ2n) is 8.37. The Morgan fingerprint density at radius 3 is 2.39 bits per heavy atom.